The fraction of sp³-hybridized carbons (Fsp3) is 0.500. The molecule has 17 heavy (non-hydrogen) atoms. The topological polar surface area (TPSA) is 37.3 Å². The Kier molecular flexibility index (Phi) is 5.98. The molecule has 3 heteroatoms. The summed E-state index contributed by atoms with van der Waals surface area (Å²) in [5, 5.41) is 8.87. The average molecular weight is 252 g/mol. The van der Waals surface area contributed by atoms with Crippen LogP contribution in [0.2, 0.25) is 0 Å². The van der Waals surface area contributed by atoms with E-state index in [0.29, 0.717) is 4.88 Å². The molecule has 94 valence electrons. The van der Waals surface area contributed by atoms with E-state index in [9.17, 15) is 4.79 Å². The smallest absolute Gasteiger partial charge is 0.346 e. The molecule has 1 rings (SSSR count). The summed E-state index contributed by atoms with van der Waals surface area (Å²) < 4.78 is 0. The van der Waals surface area contributed by atoms with Gasteiger partial charge in [-0.2, -0.15) is 0 Å². The van der Waals surface area contributed by atoms with Gasteiger partial charge in [0.15, 0.2) is 0 Å². The Morgan fingerprint density at radius 3 is 2.24 bits per heavy atom. The fourth-order valence-corrected chi connectivity index (χ4v) is 1.87. The first-order valence-electron chi connectivity index (χ1n) is 5.66. The van der Waals surface area contributed by atoms with E-state index >= 15 is 0 Å². The van der Waals surface area contributed by atoms with E-state index in [0.717, 1.165) is 10.4 Å². The van der Waals surface area contributed by atoms with Crippen LogP contribution in [0.15, 0.2) is 6.07 Å². The van der Waals surface area contributed by atoms with Crippen LogP contribution in [0.1, 0.15) is 54.7 Å². The summed E-state index contributed by atoms with van der Waals surface area (Å²) in [4.78, 5) is 12.0. The van der Waals surface area contributed by atoms with Gasteiger partial charge >= 0.3 is 5.97 Å². The van der Waals surface area contributed by atoms with Crippen LogP contribution >= 0.6 is 11.3 Å². The molecule has 0 aliphatic heterocycles. The Bertz CT molecular complexity index is 439. The van der Waals surface area contributed by atoms with Crippen LogP contribution in [0.5, 0.6) is 0 Å². The van der Waals surface area contributed by atoms with E-state index in [1.165, 1.54) is 11.3 Å². The van der Waals surface area contributed by atoms with Crippen molar-refractivity contribution in [1.29, 1.82) is 0 Å². The molecule has 0 fully saturated rings. The third-order valence-electron chi connectivity index (χ3n) is 1.67. The molecule has 0 aliphatic carbocycles. The number of carboxylic acids is 1. The Labute approximate surface area is 108 Å². The predicted octanol–water partition coefficient (Wildman–Crippen LogP) is 4.18. The summed E-state index contributed by atoms with van der Waals surface area (Å²) in [5.74, 6) is 5.22. The zero-order chi connectivity index (χ0) is 13.6. The fourth-order valence-electron chi connectivity index (χ4n) is 1.01. The minimum absolute atomic E-state index is 0.0543. The first-order valence-corrected chi connectivity index (χ1v) is 6.48. The van der Waals surface area contributed by atoms with Gasteiger partial charge in [-0.15, -0.1) is 11.3 Å². The highest BCUT2D eigenvalue weighted by molar-refractivity contribution is 7.14. The monoisotopic (exact) mass is 252 g/mol. The van der Waals surface area contributed by atoms with Gasteiger partial charge in [-0.3, -0.25) is 0 Å². The maximum Gasteiger partial charge on any atom is 0.346 e. The van der Waals surface area contributed by atoms with Crippen molar-refractivity contribution in [2.24, 2.45) is 5.41 Å². The van der Waals surface area contributed by atoms with E-state index in [4.69, 9.17) is 5.11 Å². The number of carbonyl (C=O) groups is 1. The summed E-state index contributed by atoms with van der Waals surface area (Å²) in [7, 11) is 0. The van der Waals surface area contributed by atoms with Crippen molar-refractivity contribution in [3.05, 3.63) is 21.4 Å². The van der Waals surface area contributed by atoms with Gasteiger partial charge < -0.3 is 5.11 Å². The summed E-state index contributed by atoms with van der Waals surface area (Å²) in [6.45, 7) is 11.9. The van der Waals surface area contributed by atoms with E-state index in [1.807, 2.05) is 40.7 Å². The molecule has 0 amide bonds. The molecule has 1 N–H and O–H groups in total. The Balaban J connectivity index is 0.00000121. The van der Waals surface area contributed by atoms with Crippen LogP contribution < -0.4 is 0 Å². The van der Waals surface area contributed by atoms with Gasteiger partial charge in [0.05, 0.1) is 4.88 Å². The lowest BCUT2D eigenvalue weighted by molar-refractivity contribution is 0.0701. The SMILES string of the molecule is CC.Cc1cc(C#CC(C)(C)C)sc1C(=O)O. The highest BCUT2D eigenvalue weighted by Crippen LogP contribution is 2.21. The van der Waals surface area contributed by atoms with Gasteiger partial charge in [0.25, 0.3) is 0 Å². The number of aryl methyl sites for hydroxylation is 1. The average Bonchev–Trinajstić information content (AvgIpc) is 2.59. The number of thiophene rings is 1. The molecule has 2 nitrogen and oxygen atoms in total. The Morgan fingerprint density at radius 1 is 1.35 bits per heavy atom. The van der Waals surface area contributed by atoms with Crippen LogP contribution in [0.4, 0.5) is 0 Å². The van der Waals surface area contributed by atoms with Crippen molar-refractivity contribution >= 4 is 17.3 Å². The second-order valence-corrected chi connectivity index (χ2v) is 5.48. The van der Waals surface area contributed by atoms with Gasteiger partial charge in [-0.1, -0.05) is 25.7 Å². The zero-order valence-corrected chi connectivity index (χ0v) is 12.2. The molecule has 0 aromatic carbocycles. The van der Waals surface area contributed by atoms with Crippen LogP contribution in [0.25, 0.3) is 0 Å². The largest absolute Gasteiger partial charge is 0.477 e. The Hall–Kier alpha value is -1.27. The molecule has 0 radical (unpaired) electrons. The standard InChI is InChI=1S/C12H14O2S.C2H6/c1-8-7-9(5-6-12(2,3)4)15-10(8)11(13)14;1-2/h7H,1-4H3,(H,13,14);1-2H3. The lowest BCUT2D eigenvalue weighted by Gasteiger charge is -2.06. The molecule has 0 spiro atoms. The first-order chi connectivity index (χ1) is 7.79. The second kappa shape index (κ2) is 6.46. The number of carboxylic acid groups (broad SMARTS) is 1. The first kappa shape index (κ1) is 15.7. The van der Waals surface area contributed by atoms with Crippen molar-refractivity contribution in [3.8, 4) is 11.8 Å². The summed E-state index contributed by atoms with van der Waals surface area (Å²) >= 11 is 1.24. The van der Waals surface area contributed by atoms with Crippen LogP contribution in [0.3, 0.4) is 0 Å². The molecular formula is C14H20O2S. The molecule has 1 heterocycles. The second-order valence-electron chi connectivity index (χ2n) is 4.43. The molecule has 0 saturated carbocycles. The number of hydrogen-bond donors (Lipinski definition) is 1. The lowest BCUT2D eigenvalue weighted by atomic mass is 9.98. The molecule has 0 aliphatic rings. The predicted molar refractivity (Wildman–Crippen MR) is 73.7 cm³/mol. The third kappa shape index (κ3) is 5.55. The van der Waals surface area contributed by atoms with Crippen molar-refractivity contribution in [3.63, 3.8) is 0 Å². The molecule has 0 atom stereocenters. The molecule has 0 saturated heterocycles. The van der Waals surface area contributed by atoms with E-state index in [2.05, 4.69) is 11.8 Å². The van der Waals surface area contributed by atoms with Crippen LogP contribution in [-0.2, 0) is 0 Å². The lowest BCUT2D eigenvalue weighted by Crippen LogP contribution is -1.98. The van der Waals surface area contributed by atoms with Crippen molar-refractivity contribution in [1.82, 2.24) is 0 Å². The van der Waals surface area contributed by atoms with Crippen molar-refractivity contribution in [2.45, 2.75) is 41.5 Å². The number of hydrogen-bond acceptors (Lipinski definition) is 2. The molecular weight excluding hydrogens is 232 g/mol. The molecule has 0 unspecified atom stereocenters. The minimum atomic E-state index is -0.874. The minimum Gasteiger partial charge on any atom is -0.477 e. The van der Waals surface area contributed by atoms with Crippen LogP contribution in [0, 0.1) is 24.2 Å². The molecule has 1 aromatic rings. The highest BCUT2D eigenvalue weighted by atomic mass is 32.1. The highest BCUT2D eigenvalue weighted by Gasteiger charge is 2.11. The maximum absolute atomic E-state index is 10.8. The molecule has 1 aromatic heterocycles. The summed E-state index contributed by atoms with van der Waals surface area (Å²) in [5.41, 5.74) is 0.729. The summed E-state index contributed by atoms with van der Waals surface area (Å²) in [6, 6.07) is 1.83. The zero-order valence-electron chi connectivity index (χ0n) is 11.3. The molecule has 0 bridgehead atoms. The van der Waals surface area contributed by atoms with E-state index < -0.39 is 5.97 Å². The van der Waals surface area contributed by atoms with Gasteiger partial charge in [0, 0.05) is 5.41 Å². The van der Waals surface area contributed by atoms with Gasteiger partial charge in [-0.05, 0) is 39.3 Å². The van der Waals surface area contributed by atoms with Crippen LogP contribution in [-0.4, -0.2) is 11.1 Å². The number of aromatic carboxylic acids is 1. The summed E-state index contributed by atoms with van der Waals surface area (Å²) in [6.07, 6.45) is 0. The normalized spacial score (nSPS) is 9.76. The maximum atomic E-state index is 10.8. The third-order valence-corrected chi connectivity index (χ3v) is 2.81. The number of rotatable bonds is 1. The van der Waals surface area contributed by atoms with E-state index in [-0.39, 0.29) is 5.41 Å². The van der Waals surface area contributed by atoms with Gasteiger partial charge in [0.1, 0.15) is 4.88 Å². The van der Waals surface area contributed by atoms with Gasteiger partial charge in [-0.25, -0.2) is 4.79 Å². The Morgan fingerprint density at radius 2 is 1.88 bits per heavy atom. The van der Waals surface area contributed by atoms with Crippen molar-refractivity contribution in [2.75, 3.05) is 0 Å². The quantitative estimate of drug-likeness (QED) is 0.761. The van der Waals surface area contributed by atoms with Gasteiger partial charge in [0.2, 0.25) is 0 Å². The van der Waals surface area contributed by atoms with Crippen molar-refractivity contribution < 1.29 is 9.90 Å². The van der Waals surface area contributed by atoms with E-state index in [1.54, 1.807) is 6.92 Å².